The van der Waals surface area contributed by atoms with Crippen molar-refractivity contribution in [2.75, 3.05) is 5.75 Å². The molecule has 1 aromatic heterocycles. The summed E-state index contributed by atoms with van der Waals surface area (Å²) in [6, 6.07) is 23.7. The molecule has 4 rings (SSSR count). The summed E-state index contributed by atoms with van der Waals surface area (Å²) < 4.78 is 1.91. The van der Waals surface area contributed by atoms with E-state index in [9.17, 15) is 14.9 Å². The Morgan fingerprint density at radius 1 is 1.09 bits per heavy atom. The number of carbonyl (C=O) groups is 1. The lowest BCUT2D eigenvalue weighted by Gasteiger charge is -2.10. The Morgan fingerprint density at radius 2 is 1.85 bits per heavy atom. The van der Waals surface area contributed by atoms with Crippen LogP contribution in [-0.2, 0) is 4.79 Å². The zero-order valence-corrected chi connectivity index (χ0v) is 19.0. The van der Waals surface area contributed by atoms with E-state index in [0.717, 1.165) is 16.8 Å². The van der Waals surface area contributed by atoms with Crippen molar-refractivity contribution in [3.8, 4) is 17.1 Å². The number of aromatic nitrogens is 3. The molecule has 34 heavy (non-hydrogen) atoms. The molecule has 1 amide bonds. The first-order valence-corrected chi connectivity index (χ1v) is 11.3. The number of aryl methyl sites for hydroxylation is 1. The highest BCUT2D eigenvalue weighted by atomic mass is 32.2. The van der Waals surface area contributed by atoms with Gasteiger partial charge in [0.2, 0.25) is 0 Å². The lowest BCUT2D eigenvalue weighted by atomic mass is 10.1. The van der Waals surface area contributed by atoms with Crippen LogP contribution in [0.1, 0.15) is 11.1 Å². The second-order valence-electron chi connectivity index (χ2n) is 7.28. The smallest absolute Gasteiger partial charge is 0.270 e. The Labute approximate surface area is 199 Å². The number of thioether (sulfide) groups is 1. The third-order valence-corrected chi connectivity index (χ3v) is 5.70. The molecule has 1 heterocycles. The number of nitro groups is 1. The Balaban J connectivity index is 1.47. The van der Waals surface area contributed by atoms with Gasteiger partial charge in [-0.3, -0.25) is 19.5 Å². The van der Waals surface area contributed by atoms with Crippen molar-refractivity contribution < 1.29 is 9.72 Å². The van der Waals surface area contributed by atoms with Crippen LogP contribution >= 0.6 is 11.8 Å². The fraction of sp³-hybridized carbons (Fsp3) is 0.0833. The Hall–Kier alpha value is -4.31. The van der Waals surface area contributed by atoms with Crippen molar-refractivity contribution in [3.63, 3.8) is 0 Å². The Morgan fingerprint density at radius 3 is 2.59 bits per heavy atom. The molecule has 0 unspecified atom stereocenters. The fourth-order valence-electron chi connectivity index (χ4n) is 3.12. The highest BCUT2D eigenvalue weighted by Crippen LogP contribution is 2.28. The van der Waals surface area contributed by atoms with E-state index in [2.05, 4.69) is 20.7 Å². The molecular weight excluding hydrogens is 452 g/mol. The molecule has 0 saturated carbocycles. The van der Waals surface area contributed by atoms with E-state index in [1.165, 1.54) is 30.1 Å². The van der Waals surface area contributed by atoms with Gasteiger partial charge >= 0.3 is 0 Å². The highest BCUT2D eigenvalue weighted by molar-refractivity contribution is 7.99. The zero-order chi connectivity index (χ0) is 23.9. The monoisotopic (exact) mass is 472 g/mol. The van der Waals surface area contributed by atoms with Crippen molar-refractivity contribution in [2.24, 2.45) is 5.10 Å². The van der Waals surface area contributed by atoms with Crippen LogP contribution in [-0.4, -0.2) is 37.6 Å². The summed E-state index contributed by atoms with van der Waals surface area (Å²) in [6.45, 7) is 2.02. The maximum Gasteiger partial charge on any atom is 0.270 e. The topological polar surface area (TPSA) is 115 Å². The molecule has 10 heteroatoms. The molecule has 170 valence electrons. The predicted molar refractivity (Wildman–Crippen MR) is 131 cm³/mol. The van der Waals surface area contributed by atoms with Gasteiger partial charge in [-0.1, -0.05) is 71.9 Å². The lowest BCUT2D eigenvalue weighted by molar-refractivity contribution is -0.384. The molecule has 3 aromatic carbocycles. The minimum atomic E-state index is -0.486. The summed E-state index contributed by atoms with van der Waals surface area (Å²) in [5.74, 6) is 0.398. The number of nitro benzene ring substituents is 1. The average molecular weight is 473 g/mol. The van der Waals surface area contributed by atoms with Gasteiger partial charge in [-0.25, -0.2) is 5.43 Å². The van der Waals surface area contributed by atoms with Crippen LogP contribution in [0.25, 0.3) is 17.1 Å². The number of hydrazone groups is 1. The van der Waals surface area contributed by atoms with Gasteiger partial charge in [0.1, 0.15) is 0 Å². The van der Waals surface area contributed by atoms with E-state index in [1.54, 1.807) is 12.1 Å². The van der Waals surface area contributed by atoms with Gasteiger partial charge in [-0.05, 0) is 19.1 Å². The first-order valence-electron chi connectivity index (χ1n) is 10.3. The molecule has 4 aromatic rings. The molecule has 0 aliphatic carbocycles. The molecular formula is C24H20N6O3S. The maximum atomic E-state index is 12.3. The van der Waals surface area contributed by atoms with Crippen LogP contribution < -0.4 is 5.43 Å². The van der Waals surface area contributed by atoms with Crippen molar-refractivity contribution >= 4 is 29.6 Å². The van der Waals surface area contributed by atoms with E-state index in [4.69, 9.17) is 0 Å². The second kappa shape index (κ2) is 10.5. The number of amides is 1. The first kappa shape index (κ1) is 22.9. The molecule has 0 aliphatic rings. The summed E-state index contributed by atoms with van der Waals surface area (Å²) in [4.78, 5) is 22.7. The van der Waals surface area contributed by atoms with Gasteiger partial charge in [0.05, 0.1) is 16.9 Å². The molecule has 1 N–H and O–H groups in total. The molecule has 0 spiro atoms. The molecule has 0 radical (unpaired) electrons. The van der Waals surface area contributed by atoms with Crippen LogP contribution in [0.15, 0.2) is 89.1 Å². The van der Waals surface area contributed by atoms with Gasteiger partial charge in [0.25, 0.3) is 11.6 Å². The normalized spacial score (nSPS) is 11.0. The maximum absolute atomic E-state index is 12.3. The molecule has 0 aliphatic heterocycles. The standard InChI is InChI=1S/C24H20N6O3S/c1-17-10-12-19(13-11-17)23-27-28-24(29(23)20-7-3-2-4-8-20)34-16-22(31)26-25-15-18-6-5-9-21(14-18)30(32)33/h2-15H,16H2,1H3,(H,26,31)/b25-15+. The predicted octanol–water partition coefficient (Wildman–Crippen LogP) is 4.39. The third kappa shape index (κ3) is 5.54. The third-order valence-electron chi connectivity index (χ3n) is 4.77. The lowest BCUT2D eigenvalue weighted by Crippen LogP contribution is -2.20. The van der Waals surface area contributed by atoms with Gasteiger partial charge in [0, 0.05) is 28.9 Å². The van der Waals surface area contributed by atoms with Crippen LogP contribution in [0, 0.1) is 17.0 Å². The molecule has 0 saturated heterocycles. The van der Waals surface area contributed by atoms with Gasteiger partial charge < -0.3 is 0 Å². The number of non-ortho nitro benzene ring substituents is 1. The first-order chi connectivity index (χ1) is 16.5. The van der Waals surface area contributed by atoms with E-state index < -0.39 is 4.92 Å². The SMILES string of the molecule is Cc1ccc(-c2nnc(SCC(=O)N/N=C/c3cccc([N+](=O)[O-])c3)n2-c2ccccc2)cc1. The summed E-state index contributed by atoms with van der Waals surface area (Å²) >= 11 is 1.24. The van der Waals surface area contributed by atoms with Crippen LogP contribution in [0.4, 0.5) is 5.69 Å². The molecule has 9 nitrogen and oxygen atoms in total. The quantitative estimate of drug-likeness (QED) is 0.176. The van der Waals surface area contributed by atoms with Crippen molar-refractivity contribution in [2.45, 2.75) is 12.1 Å². The minimum absolute atomic E-state index is 0.0459. The van der Waals surface area contributed by atoms with Gasteiger partial charge in [-0.15, -0.1) is 10.2 Å². The minimum Gasteiger partial charge on any atom is -0.272 e. The number of nitrogens with one attached hydrogen (secondary N) is 1. The number of rotatable bonds is 8. The number of para-hydroxylation sites is 1. The zero-order valence-electron chi connectivity index (χ0n) is 18.2. The van der Waals surface area contributed by atoms with Crippen molar-refractivity contribution in [1.29, 1.82) is 0 Å². The average Bonchev–Trinajstić information content (AvgIpc) is 3.28. The molecule has 0 bridgehead atoms. The number of hydrogen-bond acceptors (Lipinski definition) is 7. The fourth-order valence-corrected chi connectivity index (χ4v) is 3.87. The Bertz CT molecular complexity index is 1340. The number of nitrogens with zero attached hydrogens (tertiary/aromatic N) is 5. The summed E-state index contributed by atoms with van der Waals surface area (Å²) in [6.07, 6.45) is 1.36. The molecule has 0 atom stereocenters. The van der Waals surface area contributed by atoms with E-state index in [1.807, 2.05) is 66.1 Å². The number of hydrogen-bond donors (Lipinski definition) is 1. The largest absolute Gasteiger partial charge is 0.272 e. The number of benzene rings is 3. The summed E-state index contributed by atoms with van der Waals surface area (Å²) in [5, 5.41) is 24.0. The van der Waals surface area contributed by atoms with Gasteiger partial charge in [0.15, 0.2) is 11.0 Å². The van der Waals surface area contributed by atoms with Gasteiger partial charge in [-0.2, -0.15) is 5.10 Å². The van der Waals surface area contributed by atoms with Crippen molar-refractivity contribution in [3.05, 3.63) is 100 Å². The molecule has 0 fully saturated rings. The van der Waals surface area contributed by atoms with Crippen LogP contribution in [0.5, 0.6) is 0 Å². The Kier molecular flexibility index (Phi) is 7.09. The van der Waals surface area contributed by atoms with E-state index >= 15 is 0 Å². The second-order valence-corrected chi connectivity index (χ2v) is 8.22. The van der Waals surface area contributed by atoms with E-state index in [0.29, 0.717) is 16.5 Å². The summed E-state index contributed by atoms with van der Waals surface area (Å²) in [7, 11) is 0. The number of carbonyl (C=O) groups excluding carboxylic acids is 1. The summed E-state index contributed by atoms with van der Waals surface area (Å²) in [5.41, 5.74) is 5.84. The van der Waals surface area contributed by atoms with Crippen LogP contribution in [0.2, 0.25) is 0 Å². The van der Waals surface area contributed by atoms with E-state index in [-0.39, 0.29) is 17.3 Å². The highest BCUT2D eigenvalue weighted by Gasteiger charge is 2.17. The van der Waals surface area contributed by atoms with Crippen LogP contribution in [0.3, 0.4) is 0 Å². The van der Waals surface area contributed by atoms with Crippen molar-refractivity contribution in [1.82, 2.24) is 20.2 Å².